The maximum atomic E-state index is 11.4. The SMILES string of the molecule is O=C(O)c1nccn1CCSC(c1ccccc1)(c1ccccc1)c1ccccc1.[LiH]. The molecule has 1 N–H and O–H groups in total. The molecule has 4 aromatic rings. The summed E-state index contributed by atoms with van der Waals surface area (Å²) in [5.41, 5.74) is 3.57. The molecule has 0 saturated carbocycles. The molecule has 0 unspecified atom stereocenters. The molecule has 0 saturated heterocycles. The van der Waals surface area contributed by atoms with Gasteiger partial charge in [0.05, 0.1) is 4.75 Å². The van der Waals surface area contributed by atoms with Crippen molar-refractivity contribution in [2.24, 2.45) is 0 Å². The Labute approximate surface area is 198 Å². The molecule has 0 aliphatic carbocycles. The number of carbonyl (C=O) groups is 1. The number of benzene rings is 3. The van der Waals surface area contributed by atoms with Gasteiger partial charge in [-0.15, -0.1) is 11.8 Å². The Morgan fingerprint density at radius 2 is 1.29 bits per heavy atom. The molecule has 1 aromatic heterocycles. The second-order valence-corrected chi connectivity index (χ2v) is 8.19. The second-order valence-electron chi connectivity index (χ2n) is 6.88. The van der Waals surface area contributed by atoms with E-state index in [1.165, 1.54) is 22.9 Å². The predicted molar refractivity (Wildman–Crippen MR) is 128 cm³/mol. The molecule has 152 valence electrons. The Morgan fingerprint density at radius 3 is 1.71 bits per heavy atom. The van der Waals surface area contributed by atoms with Crippen molar-refractivity contribution in [3.63, 3.8) is 0 Å². The van der Waals surface area contributed by atoms with Crippen molar-refractivity contribution >= 4 is 36.6 Å². The van der Waals surface area contributed by atoms with Gasteiger partial charge in [0.25, 0.3) is 0 Å². The molecule has 0 aliphatic rings. The summed E-state index contributed by atoms with van der Waals surface area (Å²) in [6.07, 6.45) is 3.26. The van der Waals surface area contributed by atoms with Crippen molar-refractivity contribution in [2.45, 2.75) is 11.3 Å². The van der Waals surface area contributed by atoms with Gasteiger partial charge in [0, 0.05) is 24.7 Å². The zero-order valence-corrected chi connectivity index (χ0v) is 17.2. The Balaban J connectivity index is 0.00000272. The van der Waals surface area contributed by atoms with Gasteiger partial charge in [0.2, 0.25) is 5.82 Å². The third-order valence-electron chi connectivity index (χ3n) is 5.10. The van der Waals surface area contributed by atoms with E-state index in [1.54, 1.807) is 22.5 Å². The Bertz CT molecular complexity index is 1010. The zero-order chi connectivity index (χ0) is 20.8. The number of carboxylic acid groups (broad SMARTS) is 1. The van der Waals surface area contributed by atoms with Gasteiger partial charge in [-0.25, -0.2) is 9.78 Å². The summed E-state index contributed by atoms with van der Waals surface area (Å²) >= 11 is 1.81. The molecule has 6 heteroatoms. The van der Waals surface area contributed by atoms with E-state index >= 15 is 0 Å². The first kappa shape index (κ1) is 23.0. The van der Waals surface area contributed by atoms with Crippen molar-refractivity contribution in [3.05, 3.63) is 126 Å². The third kappa shape index (κ3) is 4.80. The number of rotatable bonds is 8. The topological polar surface area (TPSA) is 55.1 Å². The summed E-state index contributed by atoms with van der Waals surface area (Å²) < 4.78 is 1.29. The first-order chi connectivity index (χ1) is 14.7. The zero-order valence-electron chi connectivity index (χ0n) is 16.4. The van der Waals surface area contributed by atoms with Crippen LogP contribution in [0.1, 0.15) is 27.3 Å². The van der Waals surface area contributed by atoms with Crippen molar-refractivity contribution in [3.8, 4) is 0 Å². The summed E-state index contributed by atoms with van der Waals surface area (Å²) in [4.78, 5) is 15.4. The van der Waals surface area contributed by atoms with E-state index in [4.69, 9.17) is 0 Å². The number of aryl methyl sites for hydroxylation is 1. The Morgan fingerprint density at radius 1 is 0.839 bits per heavy atom. The minimum absolute atomic E-state index is 0. The molecule has 0 radical (unpaired) electrons. The molecule has 0 fully saturated rings. The van der Waals surface area contributed by atoms with Gasteiger partial charge in [-0.1, -0.05) is 91.0 Å². The second kappa shape index (κ2) is 10.5. The number of carboxylic acids is 1. The standard InChI is InChI=1S/C25H22N2O2S.Li.H/c28-24(29)23-26-16-17-27(23)18-19-30-25(20-10-4-1-5-11-20,21-12-6-2-7-13-21)22-14-8-3-9-15-22;;/h1-17H,18-19H2,(H,28,29);;. The number of hydrogen-bond donors (Lipinski definition) is 1. The Hall–Kier alpha value is -2.71. The molecule has 0 aliphatic heterocycles. The van der Waals surface area contributed by atoms with Gasteiger partial charge in [-0.05, 0) is 16.7 Å². The minimum atomic E-state index is -1.01. The number of thioether (sulfide) groups is 1. The van der Waals surface area contributed by atoms with E-state index in [0.29, 0.717) is 6.54 Å². The van der Waals surface area contributed by atoms with Gasteiger partial charge in [-0.3, -0.25) is 0 Å². The molecule has 0 bridgehead atoms. The predicted octanol–water partition coefficient (Wildman–Crippen LogP) is 4.66. The van der Waals surface area contributed by atoms with Crippen LogP contribution in [-0.4, -0.2) is 45.2 Å². The maximum absolute atomic E-state index is 11.4. The monoisotopic (exact) mass is 422 g/mol. The molecule has 4 nitrogen and oxygen atoms in total. The summed E-state index contributed by atoms with van der Waals surface area (Å²) in [5.74, 6) is -0.222. The van der Waals surface area contributed by atoms with E-state index < -0.39 is 10.7 Å². The van der Waals surface area contributed by atoms with Crippen LogP contribution in [0.5, 0.6) is 0 Å². The van der Waals surface area contributed by atoms with Crippen LogP contribution in [-0.2, 0) is 11.3 Å². The normalized spacial score (nSPS) is 11.0. The number of nitrogens with zero attached hydrogens (tertiary/aromatic N) is 2. The fourth-order valence-corrected chi connectivity index (χ4v) is 5.26. The molecule has 1 heterocycles. The summed E-state index contributed by atoms with van der Waals surface area (Å²) in [5, 5.41) is 9.36. The molecule has 4 rings (SSSR count). The van der Waals surface area contributed by atoms with Crippen LogP contribution in [0.25, 0.3) is 0 Å². The van der Waals surface area contributed by atoms with Crippen molar-refractivity contribution in [1.29, 1.82) is 0 Å². The fraction of sp³-hybridized carbons (Fsp3) is 0.120. The quantitative estimate of drug-likeness (QED) is 0.332. The first-order valence-corrected chi connectivity index (χ1v) is 10.8. The Kier molecular flexibility index (Phi) is 7.81. The van der Waals surface area contributed by atoms with Gasteiger partial charge in [-0.2, -0.15) is 0 Å². The molecule has 0 atom stereocenters. The molecule has 0 spiro atoms. The van der Waals surface area contributed by atoms with E-state index in [2.05, 4.69) is 77.8 Å². The van der Waals surface area contributed by atoms with Crippen LogP contribution in [0, 0.1) is 0 Å². The molecule has 0 amide bonds. The van der Waals surface area contributed by atoms with Crippen molar-refractivity contribution in [2.75, 3.05) is 5.75 Å². The average Bonchev–Trinajstić information content (AvgIpc) is 3.28. The number of aromatic carboxylic acids is 1. The summed E-state index contributed by atoms with van der Waals surface area (Å²) in [7, 11) is 0. The molecular weight excluding hydrogens is 399 g/mol. The third-order valence-corrected chi connectivity index (χ3v) is 6.63. The average molecular weight is 422 g/mol. The van der Waals surface area contributed by atoms with E-state index in [-0.39, 0.29) is 24.7 Å². The van der Waals surface area contributed by atoms with Crippen LogP contribution in [0.15, 0.2) is 103 Å². The molecule has 3 aromatic carbocycles. The fourth-order valence-electron chi connectivity index (χ4n) is 3.75. The number of aromatic nitrogens is 2. The van der Waals surface area contributed by atoms with Crippen LogP contribution >= 0.6 is 11.8 Å². The van der Waals surface area contributed by atoms with Gasteiger partial charge < -0.3 is 9.67 Å². The van der Waals surface area contributed by atoms with E-state index in [9.17, 15) is 9.90 Å². The van der Waals surface area contributed by atoms with Gasteiger partial charge >= 0.3 is 24.8 Å². The summed E-state index contributed by atoms with van der Waals surface area (Å²) in [6, 6.07) is 31.4. The van der Waals surface area contributed by atoms with Crippen LogP contribution < -0.4 is 0 Å². The molecular formula is C25H23LiN2O2S. The van der Waals surface area contributed by atoms with E-state index in [0.717, 1.165) is 5.75 Å². The van der Waals surface area contributed by atoms with Gasteiger partial charge in [0.15, 0.2) is 0 Å². The first-order valence-electron chi connectivity index (χ1n) is 9.77. The summed E-state index contributed by atoms with van der Waals surface area (Å²) in [6.45, 7) is 0.556. The van der Waals surface area contributed by atoms with Crippen molar-refractivity contribution < 1.29 is 9.90 Å². The van der Waals surface area contributed by atoms with Crippen LogP contribution in [0.2, 0.25) is 0 Å². The van der Waals surface area contributed by atoms with Crippen LogP contribution in [0.4, 0.5) is 0 Å². The van der Waals surface area contributed by atoms with Crippen LogP contribution in [0.3, 0.4) is 0 Å². The van der Waals surface area contributed by atoms with E-state index in [1.807, 2.05) is 18.2 Å². The number of imidazole rings is 1. The van der Waals surface area contributed by atoms with Crippen molar-refractivity contribution in [1.82, 2.24) is 9.55 Å². The molecule has 31 heavy (non-hydrogen) atoms. The number of hydrogen-bond acceptors (Lipinski definition) is 3. The van der Waals surface area contributed by atoms with Gasteiger partial charge in [0.1, 0.15) is 0 Å².